The Bertz CT molecular complexity index is 360. The van der Waals surface area contributed by atoms with Gasteiger partial charge >= 0.3 is 6.18 Å². The van der Waals surface area contributed by atoms with Crippen LogP contribution < -0.4 is 5.32 Å². The molecule has 2 nitrogen and oxygen atoms in total. The highest BCUT2D eigenvalue weighted by Crippen LogP contribution is 2.28. The fourth-order valence-corrected chi connectivity index (χ4v) is 2.72. The molecule has 6 heteroatoms. The lowest BCUT2D eigenvalue weighted by Gasteiger charge is -2.09. The van der Waals surface area contributed by atoms with Crippen LogP contribution in [0, 0.1) is 6.92 Å². The molecule has 0 aliphatic rings. The normalized spacial score (nSPS) is 14.0. The molecular weight excluding hydrogens is 249 g/mol. The van der Waals surface area contributed by atoms with Crippen LogP contribution in [-0.4, -0.2) is 17.7 Å². The number of nitrogens with zero attached hydrogens (tertiary/aromatic N) is 1. The van der Waals surface area contributed by atoms with Gasteiger partial charge in [0.2, 0.25) is 0 Å². The number of rotatable bonds is 5. The highest BCUT2D eigenvalue weighted by atomic mass is 32.1. The zero-order chi connectivity index (χ0) is 13.1. The predicted molar refractivity (Wildman–Crippen MR) is 63.3 cm³/mol. The first-order valence-corrected chi connectivity index (χ1v) is 6.41. The van der Waals surface area contributed by atoms with Crippen molar-refractivity contribution in [3.63, 3.8) is 0 Å². The monoisotopic (exact) mass is 266 g/mol. The second kappa shape index (κ2) is 5.82. The van der Waals surface area contributed by atoms with Crippen molar-refractivity contribution in [3.05, 3.63) is 15.6 Å². The second-order valence-electron chi connectivity index (χ2n) is 3.95. The molecule has 0 spiro atoms. The van der Waals surface area contributed by atoms with E-state index in [1.54, 1.807) is 0 Å². The molecule has 0 aliphatic heterocycles. The lowest BCUT2D eigenvalue weighted by Crippen LogP contribution is -2.17. The van der Waals surface area contributed by atoms with E-state index in [1.165, 1.54) is 11.3 Å². The molecule has 17 heavy (non-hydrogen) atoms. The molecule has 0 aliphatic carbocycles. The number of halogens is 3. The summed E-state index contributed by atoms with van der Waals surface area (Å²) in [7, 11) is 0. The minimum absolute atomic E-state index is 0.0200. The molecule has 0 bridgehead atoms. The van der Waals surface area contributed by atoms with E-state index >= 15 is 0 Å². The van der Waals surface area contributed by atoms with Gasteiger partial charge in [0.25, 0.3) is 0 Å². The predicted octanol–water partition coefficient (Wildman–Crippen LogP) is 3.62. The number of hydrogen-bond acceptors (Lipinski definition) is 3. The Kier molecular flexibility index (Phi) is 4.94. The van der Waals surface area contributed by atoms with E-state index in [9.17, 15) is 13.2 Å². The van der Waals surface area contributed by atoms with Crippen molar-refractivity contribution in [3.8, 4) is 0 Å². The Hall–Kier alpha value is -0.620. The molecule has 1 unspecified atom stereocenters. The van der Waals surface area contributed by atoms with Crippen molar-refractivity contribution < 1.29 is 13.2 Å². The Morgan fingerprint density at radius 1 is 1.41 bits per heavy atom. The summed E-state index contributed by atoms with van der Waals surface area (Å²) < 4.78 is 36.3. The minimum Gasteiger partial charge on any atom is -0.310 e. The van der Waals surface area contributed by atoms with Crippen LogP contribution in [0.1, 0.15) is 41.9 Å². The van der Waals surface area contributed by atoms with Gasteiger partial charge in [-0.15, -0.1) is 11.3 Å². The lowest BCUT2D eigenvalue weighted by atomic mass is 10.2. The minimum atomic E-state index is -4.10. The van der Waals surface area contributed by atoms with Gasteiger partial charge in [0, 0.05) is 23.8 Å². The van der Waals surface area contributed by atoms with Crippen LogP contribution in [0.15, 0.2) is 0 Å². The van der Waals surface area contributed by atoms with E-state index in [0.29, 0.717) is 5.01 Å². The van der Waals surface area contributed by atoms with Gasteiger partial charge in [-0.3, -0.25) is 0 Å². The molecule has 1 N–H and O–H groups in total. The van der Waals surface area contributed by atoms with E-state index < -0.39 is 12.6 Å². The second-order valence-corrected chi connectivity index (χ2v) is 5.07. The lowest BCUT2D eigenvalue weighted by molar-refractivity contribution is -0.134. The topological polar surface area (TPSA) is 24.9 Å². The molecule has 1 aromatic heterocycles. The molecule has 1 atom stereocenters. The summed E-state index contributed by atoms with van der Waals surface area (Å²) in [4.78, 5) is 5.23. The van der Waals surface area contributed by atoms with Gasteiger partial charge in [-0.1, -0.05) is 6.92 Å². The Balaban J connectivity index is 2.68. The summed E-state index contributed by atoms with van der Waals surface area (Å²) >= 11 is 1.37. The standard InChI is InChI=1S/C11H17F3N2S/c1-4-15-7(2)10-8(3)16-9(17-10)5-6-11(12,13)14/h7,15H,4-6H2,1-3H3. The summed E-state index contributed by atoms with van der Waals surface area (Å²) in [6.07, 6.45) is -4.92. The summed E-state index contributed by atoms with van der Waals surface area (Å²) in [5.74, 6) is 0. The molecule has 0 saturated heterocycles. The van der Waals surface area contributed by atoms with Crippen LogP contribution in [0.2, 0.25) is 0 Å². The van der Waals surface area contributed by atoms with Crippen molar-refractivity contribution in [2.45, 2.75) is 45.8 Å². The Morgan fingerprint density at radius 2 is 2.06 bits per heavy atom. The van der Waals surface area contributed by atoms with Crippen LogP contribution >= 0.6 is 11.3 Å². The zero-order valence-corrected chi connectivity index (χ0v) is 11.0. The third kappa shape index (κ3) is 4.63. The molecule has 1 rings (SSSR count). The van der Waals surface area contributed by atoms with Crippen LogP contribution in [0.4, 0.5) is 13.2 Å². The van der Waals surface area contributed by atoms with E-state index in [1.807, 2.05) is 20.8 Å². The van der Waals surface area contributed by atoms with Gasteiger partial charge in [0.1, 0.15) is 0 Å². The number of nitrogens with one attached hydrogen (secondary N) is 1. The van der Waals surface area contributed by atoms with Gasteiger partial charge < -0.3 is 5.32 Å². The quantitative estimate of drug-likeness (QED) is 0.880. The first-order valence-electron chi connectivity index (χ1n) is 5.59. The van der Waals surface area contributed by atoms with E-state index in [0.717, 1.165) is 17.1 Å². The summed E-state index contributed by atoms with van der Waals surface area (Å²) in [6.45, 7) is 6.67. The fraction of sp³-hybridized carbons (Fsp3) is 0.727. The maximum Gasteiger partial charge on any atom is 0.389 e. The van der Waals surface area contributed by atoms with Crippen molar-refractivity contribution in [1.29, 1.82) is 0 Å². The van der Waals surface area contributed by atoms with Crippen molar-refractivity contribution in [2.24, 2.45) is 0 Å². The molecule has 0 amide bonds. The molecule has 1 aromatic rings. The summed E-state index contributed by atoms with van der Waals surface area (Å²) in [6, 6.07) is 0.150. The van der Waals surface area contributed by atoms with Gasteiger partial charge in [0.05, 0.1) is 10.7 Å². The van der Waals surface area contributed by atoms with Crippen LogP contribution in [-0.2, 0) is 6.42 Å². The fourth-order valence-electron chi connectivity index (χ4n) is 1.62. The Morgan fingerprint density at radius 3 is 2.59 bits per heavy atom. The third-order valence-electron chi connectivity index (χ3n) is 2.40. The van der Waals surface area contributed by atoms with Crippen LogP contribution in [0.3, 0.4) is 0 Å². The van der Waals surface area contributed by atoms with Crippen molar-refractivity contribution in [2.75, 3.05) is 6.54 Å². The summed E-state index contributed by atoms with van der Waals surface area (Å²) in [5, 5.41) is 3.81. The first-order chi connectivity index (χ1) is 7.83. The van der Waals surface area contributed by atoms with Crippen molar-refractivity contribution >= 4 is 11.3 Å². The number of thiazole rings is 1. The SMILES string of the molecule is CCNC(C)c1sc(CCC(F)(F)F)nc1C. The van der Waals surface area contributed by atoms with E-state index in [-0.39, 0.29) is 12.5 Å². The molecule has 0 saturated carbocycles. The van der Waals surface area contributed by atoms with Gasteiger partial charge in [-0.25, -0.2) is 4.98 Å². The van der Waals surface area contributed by atoms with Crippen LogP contribution in [0.25, 0.3) is 0 Å². The number of aromatic nitrogens is 1. The van der Waals surface area contributed by atoms with E-state index in [2.05, 4.69) is 10.3 Å². The van der Waals surface area contributed by atoms with Gasteiger partial charge in [-0.2, -0.15) is 13.2 Å². The van der Waals surface area contributed by atoms with Gasteiger partial charge in [0.15, 0.2) is 0 Å². The third-order valence-corrected chi connectivity index (χ3v) is 3.80. The molecule has 98 valence electrons. The highest BCUT2D eigenvalue weighted by Gasteiger charge is 2.27. The van der Waals surface area contributed by atoms with Gasteiger partial charge in [-0.05, 0) is 20.4 Å². The zero-order valence-electron chi connectivity index (χ0n) is 10.2. The molecule has 1 heterocycles. The Labute approximate surface area is 103 Å². The number of aryl methyl sites for hydroxylation is 2. The smallest absolute Gasteiger partial charge is 0.310 e. The average molecular weight is 266 g/mol. The molecule has 0 fully saturated rings. The highest BCUT2D eigenvalue weighted by molar-refractivity contribution is 7.11. The maximum absolute atomic E-state index is 12.1. The molecule has 0 radical (unpaired) electrons. The average Bonchev–Trinajstić information content (AvgIpc) is 2.56. The molecule has 0 aromatic carbocycles. The number of alkyl halides is 3. The molecular formula is C11H17F3N2S. The van der Waals surface area contributed by atoms with Crippen LogP contribution in [0.5, 0.6) is 0 Å². The largest absolute Gasteiger partial charge is 0.389 e. The first kappa shape index (κ1) is 14.4. The van der Waals surface area contributed by atoms with E-state index in [4.69, 9.17) is 0 Å². The van der Waals surface area contributed by atoms with Crippen molar-refractivity contribution in [1.82, 2.24) is 10.3 Å². The summed E-state index contributed by atoms with van der Waals surface area (Å²) in [5.41, 5.74) is 0.834. The maximum atomic E-state index is 12.1. The number of hydrogen-bond donors (Lipinski definition) is 1.